The summed E-state index contributed by atoms with van der Waals surface area (Å²) in [5.41, 5.74) is 10.4. The molecule has 1 heteroatoms. The number of aryl methyl sites for hydroxylation is 1. The highest BCUT2D eigenvalue weighted by Crippen LogP contribution is 2.43. The van der Waals surface area contributed by atoms with Crippen LogP contribution < -0.4 is 0 Å². The van der Waals surface area contributed by atoms with E-state index >= 15 is 0 Å². The van der Waals surface area contributed by atoms with Crippen LogP contribution >= 0.6 is 11.3 Å². The Hall–Kier alpha value is -6.02. The van der Waals surface area contributed by atoms with Gasteiger partial charge in [0, 0.05) is 20.2 Å². The van der Waals surface area contributed by atoms with E-state index in [0.29, 0.717) is 0 Å². The van der Waals surface area contributed by atoms with Gasteiger partial charge in [0.05, 0.1) is 0 Å². The molecule has 51 heavy (non-hydrogen) atoms. The number of thiophene rings is 1. The molecule has 0 atom stereocenters. The maximum atomic E-state index is 2.39. The molecule has 1 aromatic heterocycles. The predicted octanol–water partition coefficient (Wildman–Crippen LogP) is 14.6. The van der Waals surface area contributed by atoms with Gasteiger partial charge in [0.15, 0.2) is 0 Å². The van der Waals surface area contributed by atoms with Gasteiger partial charge in [-0.25, -0.2) is 0 Å². The van der Waals surface area contributed by atoms with E-state index in [-0.39, 0.29) is 0 Å². The fraction of sp³-hybridized carbons (Fsp3) is 0.0400. The van der Waals surface area contributed by atoms with Crippen molar-refractivity contribution < 1.29 is 0 Å². The van der Waals surface area contributed by atoms with Gasteiger partial charge >= 0.3 is 0 Å². The molecule has 0 saturated carbocycles. The number of hydrogen-bond donors (Lipinski definition) is 0. The van der Waals surface area contributed by atoms with Crippen LogP contribution in [0.3, 0.4) is 0 Å². The van der Waals surface area contributed by atoms with Crippen LogP contribution in [0.25, 0.3) is 103 Å². The zero-order valence-electron chi connectivity index (χ0n) is 28.0. The summed E-state index contributed by atoms with van der Waals surface area (Å²) in [6.07, 6.45) is 6.89. The molecule has 0 amide bonds. The number of benzene rings is 9. The molecule has 1 aliphatic carbocycles. The van der Waals surface area contributed by atoms with Crippen LogP contribution in [-0.4, -0.2) is 0 Å². The summed E-state index contributed by atoms with van der Waals surface area (Å²) in [6, 6.07) is 59.1. The summed E-state index contributed by atoms with van der Waals surface area (Å²) in [6.45, 7) is 0. The van der Waals surface area contributed by atoms with E-state index in [1.807, 2.05) is 11.3 Å². The van der Waals surface area contributed by atoms with Crippen LogP contribution in [0.15, 0.2) is 164 Å². The Morgan fingerprint density at radius 2 is 1.00 bits per heavy atom. The van der Waals surface area contributed by atoms with Gasteiger partial charge in [0.1, 0.15) is 0 Å². The van der Waals surface area contributed by atoms with Crippen LogP contribution in [0.2, 0.25) is 0 Å². The van der Waals surface area contributed by atoms with Crippen LogP contribution in [-0.2, 0) is 6.42 Å². The van der Waals surface area contributed by atoms with Crippen LogP contribution in [0.5, 0.6) is 0 Å². The summed E-state index contributed by atoms with van der Waals surface area (Å²) in [5.74, 6) is 0. The van der Waals surface area contributed by atoms with Crippen molar-refractivity contribution in [2.75, 3.05) is 0 Å². The molecule has 11 rings (SSSR count). The van der Waals surface area contributed by atoms with Crippen LogP contribution in [0.4, 0.5) is 0 Å². The predicted molar refractivity (Wildman–Crippen MR) is 223 cm³/mol. The molecule has 9 aromatic carbocycles. The third-order valence-corrected chi connectivity index (χ3v) is 12.4. The SMILES string of the molecule is C1=Cc2c(ccc3c2ccc2ccc(-c4ccc5cc(-c6cccc(-c7cccc8c7sc7c9ccccc9ccc87)c6)ccc5c4)cc23)CC1. The van der Waals surface area contributed by atoms with E-state index in [1.165, 1.54) is 108 Å². The molecule has 0 fully saturated rings. The summed E-state index contributed by atoms with van der Waals surface area (Å²) in [7, 11) is 0. The molecule has 0 bridgehead atoms. The smallest absolute Gasteiger partial charge is 0.0434 e. The van der Waals surface area contributed by atoms with Crippen LogP contribution in [0.1, 0.15) is 17.5 Å². The quantitative estimate of drug-likeness (QED) is 0.165. The average Bonchev–Trinajstić information content (AvgIpc) is 3.60. The lowest BCUT2D eigenvalue weighted by atomic mass is 9.89. The summed E-state index contributed by atoms with van der Waals surface area (Å²) in [5, 5.41) is 13.1. The molecule has 0 nitrogen and oxygen atoms in total. The Kier molecular flexibility index (Phi) is 6.35. The van der Waals surface area contributed by atoms with Crippen molar-refractivity contribution in [3.8, 4) is 33.4 Å². The highest BCUT2D eigenvalue weighted by atomic mass is 32.1. The van der Waals surface area contributed by atoms with Gasteiger partial charge in [0.2, 0.25) is 0 Å². The Balaban J connectivity index is 0.963. The molecule has 0 saturated heterocycles. The van der Waals surface area contributed by atoms with E-state index < -0.39 is 0 Å². The minimum Gasteiger partial charge on any atom is -0.134 e. The Bertz CT molecular complexity index is 3080. The third kappa shape index (κ3) is 4.59. The van der Waals surface area contributed by atoms with Crippen molar-refractivity contribution in [2.24, 2.45) is 0 Å². The minimum atomic E-state index is 1.13. The molecule has 0 spiro atoms. The number of rotatable bonds is 3. The maximum Gasteiger partial charge on any atom is 0.0434 e. The highest BCUT2D eigenvalue weighted by Gasteiger charge is 2.14. The summed E-state index contributed by atoms with van der Waals surface area (Å²) < 4.78 is 2.72. The summed E-state index contributed by atoms with van der Waals surface area (Å²) in [4.78, 5) is 0. The second kappa shape index (κ2) is 11.3. The lowest BCUT2D eigenvalue weighted by Crippen LogP contribution is -1.95. The standard InChI is InChI=1S/C50H32S/c1-3-11-41-31(7-1)21-25-45-44(41)24-22-33-15-16-39(30-48(33)45)38-20-19-36-27-35(17-18-37(36)28-38)34-9-5-10-40(29-34)43-13-6-14-46-47-26-23-32-8-2-4-12-42(32)49(47)51-50(43)46/h2-6,8-30H,1,7H2. The Morgan fingerprint density at radius 3 is 1.86 bits per heavy atom. The first kappa shape index (κ1) is 28.8. The van der Waals surface area contributed by atoms with E-state index in [0.717, 1.165) is 12.8 Å². The molecule has 1 aliphatic rings. The average molecular weight is 665 g/mol. The second-order valence-electron chi connectivity index (χ2n) is 14.0. The van der Waals surface area contributed by atoms with Crippen molar-refractivity contribution in [2.45, 2.75) is 12.8 Å². The maximum absolute atomic E-state index is 2.39. The first-order valence-corrected chi connectivity index (χ1v) is 18.7. The van der Waals surface area contributed by atoms with Gasteiger partial charge in [0.25, 0.3) is 0 Å². The molecule has 0 unspecified atom stereocenters. The fourth-order valence-electron chi connectivity index (χ4n) is 8.46. The van der Waals surface area contributed by atoms with Crippen LogP contribution in [0, 0.1) is 0 Å². The minimum absolute atomic E-state index is 1.13. The van der Waals surface area contributed by atoms with Crippen molar-refractivity contribution in [3.63, 3.8) is 0 Å². The van der Waals surface area contributed by atoms with Gasteiger partial charge in [-0.15, -0.1) is 11.3 Å². The number of fused-ring (bicyclic) bond motifs is 11. The normalized spacial score (nSPS) is 12.9. The zero-order valence-corrected chi connectivity index (χ0v) is 28.8. The molecule has 1 heterocycles. The second-order valence-corrected chi connectivity index (χ2v) is 15.0. The van der Waals surface area contributed by atoms with Crippen molar-refractivity contribution in [3.05, 3.63) is 175 Å². The van der Waals surface area contributed by atoms with Gasteiger partial charge in [-0.3, -0.25) is 0 Å². The third-order valence-electron chi connectivity index (χ3n) is 11.1. The van der Waals surface area contributed by atoms with Crippen molar-refractivity contribution in [1.82, 2.24) is 0 Å². The summed E-state index contributed by atoms with van der Waals surface area (Å²) >= 11 is 1.92. The zero-order chi connectivity index (χ0) is 33.5. The molecule has 0 aliphatic heterocycles. The van der Waals surface area contributed by atoms with E-state index in [9.17, 15) is 0 Å². The van der Waals surface area contributed by atoms with Gasteiger partial charge in [-0.2, -0.15) is 0 Å². The first-order valence-electron chi connectivity index (χ1n) is 17.9. The van der Waals surface area contributed by atoms with E-state index in [1.54, 1.807) is 0 Å². The Morgan fingerprint density at radius 1 is 0.373 bits per heavy atom. The molecule has 10 aromatic rings. The van der Waals surface area contributed by atoms with Gasteiger partial charge in [-0.05, 0) is 125 Å². The van der Waals surface area contributed by atoms with Crippen molar-refractivity contribution >= 4 is 80.7 Å². The molecule has 238 valence electrons. The van der Waals surface area contributed by atoms with E-state index in [2.05, 4.69) is 170 Å². The van der Waals surface area contributed by atoms with E-state index in [4.69, 9.17) is 0 Å². The molecule has 0 N–H and O–H groups in total. The van der Waals surface area contributed by atoms with Gasteiger partial charge < -0.3 is 0 Å². The van der Waals surface area contributed by atoms with Gasteiger partial charge in [-0.1, -0.05) is 146 Å². The lowest BCUT2D eigenvalue weighted by Gasteiger charge is -2.15. The fourth-order valence-corrected chi connectivity index (χ4v) is 9.83. The topological polar surface area (TPSA) is 0 Å². The number of hydrogen-bond acceptors (Lipinski definition) is 1. The molecule has 0 radical (unpaired) electrons. The lowest BCUT2D eigenvalue weighted by molar-refractivity contribution is 0.990. The highest BCUT2D eigenvalue weighted by molar-refractivity contribution is 7.27. The number of allylic oxidation sites excluding steroid dienone is 1. The van der Waals surface area contributed by atoms with Crippen molar-refractivity contribution in [1.29, 1.82) is 0 Å². The first-order chi connectivity index (χ1) is 25.2. The molecular weight excluding hydrogens is 633 g/mol. The monoisotopic (exact) mass is 664 g/mol. The largest absolute Gasteiger partial charge is 0.134 e. The Labute approximate surface area is 300 Å². The molecular formula is C50H32S.